The van der Waals surface area contributed by atoms with Crippen LogP contribution in [0.2, 0.25) is 0 Å². The Hall–Kier alpha value is -0.720. The fourth-order valence-electron chi connectivity index (χ4n) is 2.06. The molecular weight excluding hydrogens is 336 g/mol. The highest BCUT2D eigenvalue weighted by atomic mass is 79.9. The van der Waals surface area contributed by atoms with Crippen molar-refractivity contribution in [2.45, 2.75) is 53.2 Å². The van der Waals surface area contributed by atoms with E-state index in [4.69, 9.17) is 0 Å². The lowest BCUT2D eigenvalue weighted by Crippen LogP contribution is -2.20. The van der Waals surface area contributed by atoms with Gasteiger partial charge < -0.3 is 5.32 Å². The molecule has 2 heterocycles. The first-order valence-electron chi connectivity index (χ1n) is 6.96. The second kappa shape index (κ2) is 6.83. The average molecular weight is 357 g/mol. The van der Waals surface area contributed by atoms with Crippen molar-refractivity contribution in [3.8, 4) is 0 Å². The third kappa shape index (κ3) is 3.30. The fourth-order valence-corrected chi connectivity index (χ4v) is 3.37. The Morgan fingerprint density at radius 2 is 2.20 bits per heavy atom. The molecule has 0 amide bonds. The first-order chi connectivity index (χ1) is 9.56. The van der Waals surface area contributed by atoms with Crippen LogP contribution in [-0.2, 0) is 19.5 Å². The van der Waals surface area contributed by atoms with Gasteiger partial charge in [-0.3, -0.25) is 4.68 Å². The summed E-state index contributed by atoms with van der Waals surface area (Å²) in [6.07, 6.45) is 3.03. The Bertz CT molecular complexity index is 576. The molecule has 1 unspecified atom stereocenters. The highest BCUT2D eigenvalue weighted by molar-refractivity contribution is 9.10. The zero-order chi connectivity index (χ0) is 14.7. The van der Waals surface area contributed by atoms with E-state index >= 15 is 0 Å². The number of aryl methyl sites for hydroxylation is 3. The summed E-state index contributed by atoms with van der Waals surface area (Å²) in [4.78, 5) is 5.83. The summed E-state index contributed by atoms with van der Waals surface area (Å²) >= 11 is 5.41. The quantitative estimate of drug-likeness (QED) is 0.854. The molecule has 2 aromatic rings. The maximum atomic E-state index is 4.51. The minimum Gasteiger partial charge on any atom is -0.302 e. The van der Waals surface area contributed by atoms with Gasteiger partial charge in [0.1, 0.15) is 5.01 Å². The van der Waals surface area contributed by atoms with Gasteiger partial charge in [0.25, 0.3) is 0 Å². The van der Waals surface area contributed by atoms with Gasteiger partial charge in [-0.15, -0.1) is 11.3 Å². The van der Waals surface area contributed by atoms with Crippen LogP contribution in [0.4, 0.5) is 0 Å². The summed E-state index contributed by atoms with van der Waals surface area (Å²) in [5.41, 5.74) is 2.24. The van der Waals surface area contributed by atoms with Crippen LogP contribution in [0.15, 0.2) is 10.7 Å². The van der Waals surface area contributed by atoms with Gasteiger partial charge in [0.05, 0.1) is 21.9 Å². The molecule has 0 bridgehead atoms. The van der Waals surface area contributed by atoms with Gasteiger partial charge in [0, 0.05) is 24.2 Å². The molecule has 0 fully saturated rings. The third-order valence-electron chi connectivity index (χ3n) is 3.32. The normalized spacial score (nSPS) is 12.8. The third-order valence-corrected chi connectivity index (χ3v) is 5.67. The minimum atomic E-state index is 0.257. The summed E-state index contributed by atoms with van der Waals surface area (Å²) in [5, 5.41) is 9.20. The Morgan fingerprint density at radius 1 is 1.45 bits per heavy atom. The molecule has 1 atom stereocenters. The summed E-state index contributed by atoms with van der Waals surface area (Å²) in [5.74, 6) is 0. The van der Waals surface area contributed by atoms with Crippen molar-refractivity contribution in [2.24, 2.45) is 0 Å². The zero-order valence-electron chi connectivity index (χ0n) is 12.4. The van der Waals surface area contributed by atoms with Crippen LogP contribution in [0.5, 0.6) is 0 Å². The summed E-state index contributed by atoms with van der Waals surface area (Å²) in [6, 6.07) is 0.257. The van der Waals surface area contributed by atoms with E-state index in [9.17, 15) is 0 Å². The van der Waals surface area contributed by atoms with Crippen molar-refractivity contribution in [1.82, 2.24) is 20.1 Å². The lowest BCUT2D eigenvalue weighted by atomic mass is 10.3. The molecule has 0 aliphatic carbocycles. The van der Waals surface area contributed by atoms with Gasteiger partial charge in [0.15, 0.2) is 0 Å². The van der Waals surface area contributed by atoms with Gasteiger partial charge in [-0.2, -0.15) is 5.10 Å². The Kier molecular flexibility index (Phi) is 5.35. The number of rotatable bonds is 6. The number of aromatic nitrogens is 3. The minimum absolute atomic E-state index is 0.257. The SMILES string of the molecule is CCc1cnc(C(C)NCc2c(Br)c(C)nn2CC)s1. The Labute approximate surface area is 132 Å². The van der Waals surface area contributed by atoms with Crippen LogP contribution < -0.4 is 5.32 Å². The molecule has 0 aromatic carbocycles. The van der Waals surface area contributed by atoms with Crippen LogP contribution in [-0.4, -0.2) is 14.8 Å². The molecule has 4 nitrogen and oxygen atoms in total. The molecule has 0 saturated heterocycles. The second-order valence-electron chi connectivity index (χ2n) is 4.78. The molecule has 0 radical (unpaired) electrons. The van der Waals surface area contributed by atoms with Crippen LogP contribution >= 0.6 is 27.3 Å². The lowest BCUT2D eigenvalue weighted by Gasteiger charge is -2.12. The molecule has 0 spiro atoms. The number of hydrogen-bond acceptors (Lipinski definition) is 4. The van der Waals surface area contributed by atoms with E-state index < -0.39 is 0 Å². The van der Waals surface area contributed by atoms with Crippen molar-refractivity contribution < 1.29 is 0 Å². The molecule has 110 valence electrons. The summed E-state index contributed by atoms with van der Waals surface area (Å²) < 4.78 is 3.14. The van der Waals surface area contributed by atoms with Gasteiger partial charge in [-0.25, -0.2) is 4.98 Å². The molecule has 0 saturated carbocycles. The summed E-state index contributed by atoms with van der Waals surface area (Å²) in [7, 11) is 0. The number of nitrogens with one attached hydrogen (secondary N) is 1. The van der Waals surface area contributed by atoms with E-state index in [0.29, 0.717) is 0 Å². The molecule has 0 aliphatic rings. The maximum absolute atomic E-state index is 4.51. The molecular formula is C14H21BrN4S. The highest BCUT2D eigenvalue weighted by Gasteiger charge is 2.15. The van der Waals surface area contributed by atoms with E-state index in [1.54, 1.807) is 11.3 Å². The van der Waals surface area contributed by atoms with E-state index in [0.717, 1.165) is 34.7 Å². The smallest absolute Gasteiger partial charge is 0.109 e. The Morgan fingerprint density at radius 3 is 2.80 bits per heavy atom. The van der Waals surface area contributed by atoms with Gasteiger partial charge in [0.2, 0.25) is 0 Å². The number of hydrogen-bond donors (Lipinski definition) is 1. The number of thiazole rings is 1. The van der Waals surface area contributed by atoms with E-state index in [2.05, 4.69) is 52.1 Å². The van der Waals surface area contributed by atoms with E-state index in [-0.39, 0.29) is 6.04 Å². The molecule has 2 rings (SSSR count). The monoisotopic (exact) mass is 356 g/mol. The Balaban J connectivity index is 2.04. The van der Waals surface area contributed by atoms with Crippen molar-refractivity contribution in [3.63, 3.8) is 0 Å². The highest BCUT2D eigenvalue weighted by Crippen LogP contribution is 2.23. The second-order valence-corrected chi connectivity index (χ2v) is 6.72. The maximum Gasteiger partial charge on any atom is 0.109 e. The fraction of sp³-hybridized carbons (Fsp3) is 0.571. The topological polar surface area (TPSA) is 42.7 Å². The predicted molar refractivity (Wildman–Crippen MR) is 87.1 cm³/mol. The van der Waals surface area contributed by atoms with Crippen molar-refractivity contribution >= 4 is 27.3 Å². The zero-order valence-corrected chi connectivity index (χ0v) is 14.8. The van der Waals surface area contributed by atoms with Crippen molar-refractivity contribution in [1.29, 1.82) is 0 Å². The molecule has 6 heteroatoms. The van der Waals surface area contributed by atoms with E-state index in [1.807, 2.05) is 17.8 Å². The molecule has 1 N–H and O–H groups in total. The number of nitrogens with zero attached hydrogens (tertiary/aromatic N) is 3. The standard InChI is InChI=1S/C14H21BrN4S/c1-5-11-7-17-14(20-11)10(4)16-8-12-13(15)9(3)18-19(12)6-2/h7,10,16H,5-6,8H2,1-4H3. The van der Waals surface area contributed by atoms with Gasteiger partial charge in [-0.1, -0.05) is 6.92 Å². The molecule has 20 heavy (non-hydrogen) atoms. The van der Waals surface area contributed by atoms with Crippen LogP contribution in [0.3, 0.4) is 0 Å². The van der Waals surface area contributed by atoms with Crippen molar-refractivity contribution in [2.75, 3.05) is 0 Å². The van der Waals surface area contributed by atoms with Crippen LogP contribution in [0.25, 0.3) is 0 Å². The van der Waals surface area contributed by atoms with E-state index in [1.165, 1.54) is 10.6 Å². The first-order valence-corrected chi connectivity index (χ1v) is 8.57. The number of halogens is 1. The largest absolute Gasteiger partial charge is 0.302 e. The molecule has 0 aliphatic heterocycles. The van der Waals surface area contributed by atoms with Crippen LogP contribution in [0.1, 0.15) is 48.1 Å². The predicted octanol–water partition coefficient (Wildman–Crippen LogP) is 3.84. The van der Waals surface area contributed by atoms with Crippen molar-refractivity contribution in [3.05, 3.63) is 31.9 Å². The molecule has 2 aromatic heterocycles. The lowest BCUT2D eigenvalue weighted by molar-refractivity contribution is 0.528. The summed E-state index contributed by atoms with van der Waals surface area (Å²) in [6.45, 7) is 10.1. The van der Waals surface area contributed by atoms with Gasteiger partial charge >= 0.3 is 0 Å². The van der Waals surface area contributed by atoms with Gasteiger partial charge in [-0.05, 0) is 43.1 Å². The first kappa shape index (κ1) is 15.7. The average Bonchev–Trinajstić information content (AvgIpc) is 3.03. The van der Waals surface area contributed by atoms with Crippen LogP contribution in [0, 0.1) is 6.92 Å².